The molecule has 0 radical (unpaired) electrons. The zero-order valence-electron chi connectivity index (χ0n) is 9.11. The maximum absolute atomic E-state index is 11.8. The minimum Gasteiger partial charge on any atom is -0.370 e. The van der Waals surface area contributed by atoms with Gasteiger partial charge < -0.3 is 16.4 Å². The summed E-state index contributed by atoms with van der Waals surface area (Å²) < 4.78 is 0. The van der Waals surface area contributed by atoms with E-state index < -0.39 is 11.9 Å². The van der Waals surface area contributed by atoms with Crippen LogP contribution in [0.2, 0.25) is 0 Å². The highest BCUT2D eigenvalue weighted by atomic mass is 16.2. The Labute approximate surface area is 89.8 Å². The van der Waals surface area contributed by atoms with E-state index in [4.69, 9.17) is 11.5 Å². The Bertz CT molecular complexity index is 251. The zero-order chi connectivity index (χ0) is 11.4. The Morgan fingerprint density at radius 1 is 1.47 bits per heavy atom. The van der Waals surface area contributed by atoms with Crippen molar-refractivity contribution in [1.29, 1.82) is 0 Å². The lowest BCUT2D eigenvalue weighted by atomic mass is 10.2. The van der Waals surface area contributed by atoms with E-state index in [2.05, 4.69) is 0 Å². The van der Waals surface area contributed by atoms with E-state index in [1.807, 2.05) is 6.92 Å². The molecule has 0 bridgehead atoms. The fourth-order valence-corrected chi connectivity index (χ4v) is 1.62. The number of nitrogens with two attached hydrogens (primary N) is 2. The Balaban J connectivity index is 2.50. The number of hydrogen-bond donors (Lipinski definition) is 2. The van der Waals surface area contributed by atoms with Crippen molar-refractivity contribution in [2.75, 3.05) is 6.54 Å². The number of carbonyl (C=O) groups is 2. The molecule has 0 aromatic rings. The average molecular weight is 213 g/mol. The lowest BCUT2D eigenvalue weighted by molar-refractivity contribution is -0.135. The molecule has 1 aliphatic carbocycles. The topological polar surface area (TPSA) is 89.4 Å². The molecule has 4 N–H and O–H groups in total. The first-order valence-corrected chi connectivity index (χ1v) is 5.40. The Hall–Kier alpha value is -1.10. The largest absolute Gasteiger partial charge is 0.370 e. The predicted octanol–water partition coefficient (Wildman–Crippen LogP) is -0.410. The van der Waals surface area contributed by atoms with Crippen molar-refractivity contribution in [1.82, 2.24) is 4.90 Å². The van der Waals surface area contributed by atoms with Crippen LogP contribution in [0, 0.1) is 0 Å². The van der Waals surface area contributed by atoms with Gasteiger partial charge in [0.2, 0.25) is 11.8 Å². The smallest absolute Gasteiger partial charge is 0.240 e. The third-order valence-corrected chi connectivity index (χ3v) is 2.47. The van der Waals surface area contributed by atoms with Crippen molar-refractivity contribution in [3.8, 4) is 0 Å². The van der Waals surface area contributed by atoms with Crippen LogP contribution in [0.1, 0.15) is 32.6 Å². The van der Waals surface area contributed by atoms with Crippen LogP contribution in [0.25, 0.3) is 0 Å². The summed E-state index contributed by atoms with van der Waals surface area (Å²) in [6.07, 6.45) is 2.95. The minimum absolute atomic E-state index is 0.0637. The summed E-state index contributed by atoms with van der Waals surface area (Å²) in [6, 6.07) is -0.425. The first kappa shape index (κ1) is 12.0. The third-order valence-electron chi connectivity index (χ3n) is 2.47. The Morgan fingerprint density at radius 2 is 2.07 bits per heavy atom. The van der Waals surface area contributed by atoms with Gasteiger partial charge in [0.25, 0.3) is 0 Å². The van der Waals surface area contributed by atoms with Crippen molar-refractivity contribution in [2.24, 2.45) is 11.5 Å². The molecule has 15 heavy (non-hydrogen) atoms. The molecule has 0 aliphatic heterocycles. The molecular formula is C10H19N3O2. The highest BCUT2D eigenvalue weighted by Gasteiger charge is 2.34. The molecule has 1 unspecified atom stereocenters. The first-order valence-electron chi connectivity index (χ1n) is 5.40. The van der Waals surface area contributed by atoms with Crippen molar-refractivity contribution in [3.63, 3.8) is 0 Å². The molecule has 0 aromatic heterocycles. The molecule has 0 heterocycles. The molecular weight excluding hydrogens is 194 g/mol. The summed E-state index contributed by atoms with van der Waals surface area (Å²) >= 11 is 0. The third kappa shape index (κ3) is 3.51. The number of amides is 2. The standard InChI is InChI=1S/C10H19N3O2/c1-2-5-13(7-3-4-7)10(15)8(11)6-9(12)14/h7-8H,2-6,11H2,1H3,(H2,12,14). The zero-order valence-corrected chi connectivity index (χ0v) is 9.11. The summed E-state index contributed by atoms with van der Waals surface area (Å²) in [5.41, 5.74) is 10.6. The van der Waals surface area contributed by atoms with Gasteiger partial charge in [0.15, 0.2) is 0 Å². The van der Waals surface area contributed by atoms with Gasteiger partial charge in [-0.15, -0.1) is 0 Å². The Morgan fingerprint density at radius 3 is 2.47 bits per heavy atom. The summed E-state index contributed by atoms with van der Waals surface area (Å²) in [4.78, 5) is 24.3. The SMILES string of the molecule is CCCN(C(=O)C(N)CC(N)=O)C1CC1. The van der Waals surface area contributed by atoms with Gasteiger partial charge in [-0.1, -0.05) is 6.92 Å². The molecule has 0 aromatic carbocycles. The summed E-state index contributed by atoms with van der Waals surface area (Å²) in [7, 11) is 0. The maximum atomic E-state index is 11.8. The maximum Gasteiger partial charge on any atom is 0.240 e. The number of primary amides is 1. The second-order valence-electron chi connectivity index (χ2n) is 4.04. The second kappa shape index (κ2) is 5.11. The van der Waals surface area contributed by atoms with Gasteiger partial charge in [0.1, 0.15) is 0 Å². The fourth-order valence-electron chi connectivity index (χ4n) is 1.62. The van der Waals surface area contributed by atoms with Gasteiger partial charge in [-0.05, 0) is 19.3 Å². The Kier molecular flexibility index (Phi) is 4.08. The van der Waals surface area contributed by atoms with Crippen molar-refractivity contribution >= 4 is 11.8 Å². The van der Waals surface area contributed by atoms with E-state index in [0.717, 1.165) is 25.8 Å². The van der Waals surface area contributed by atoms with E-state index in [0.29, 0.717) is 6.04 Å². The van der Waals surface area contributed by atoms with Crippen LogP contribution in [0.15, 0.2) is 0 Å². The molecule has 5 nitrogen and oxygen atoms in total. The van der Waals surface area contributed by atoms with Crippen LogP contribution in [0.3, 0.4) is 0 Å². The van der Waals surface area contributed by atoms with Crippen molar-refractivity contribution in [3.05, 3.63) is 0 Å². The van der Waals surface area contributed by atoms with Gasteiger partial charge in [-0.2, -0.15) is 0 Å². The number of nitrogens with zero attached hydrogens (tertiary/aromatic N) is 1. The van der Waals surface area contributed by atoms with Crippen LogP contribution in [-0.2, 0) is 9.59 Å². The van der Waals surface area contributed by atoms with Crippen molar-refractivity contribution in [2.45, 2.75) is 44.7 Å². The average Bonchev–Trinajstić information content (AvgIpc) is 2.95. The normalized spacial score (nSPS) is 17.2. The quantitative estimate of drug-likeness (QED) is 0.628. The second-order valence-corrected chi connectivity index (χ2v) is 4.04. The van der Waals surface area contributed by atoms with E-state index in [1.165, 1.54) is 0 Å². The van der Waals surface area contributed by atoms with Gasteiger partial charge in [-0.3, -0.25) is 9.59 Å². The highest BCUT2D eigenvalue weighted by Crippen LogP contribution is 2.27. The minimum atomic E-state index is -0.769. The molecule has 5 heteroatoms. The molecule has 0 saturated heterocycles. The van der Waals surface area contributed by atoms with Crippen LogP contribution < -0.4 is 11.5 Å². The number of carbonyl (C=O) groups excluding carboxylic acids is 2. The van der Waals surface area contributed by atoms with Crippen LogP contribution in [-0.4, -0.2) is 35.3 Å². The number of rotatable bonds is 6. The van der Waals surface area contributed by atoms with Crippen LogP contribution in [0.5, 0.6) is 0 Å². The number of hydrogen-bond acceptors (Lipinski definition) is 3. The van der Waals surface area contributed by atoms with Gasteiger partial charge >= 0.3 is 0 Å². The first-order chi connectivity index (χ1) is 7.06. The van der Waals surface area contributed by atoms with Gasteiger partial charge in [-0.25, -0.2) is 0 Å². The lowest BCUT2D eigenvalue weighted by Crippen LogP contribution is -2.46. The molecule has 1 rings (SSSR count). The highest BCUT2D eigenvalue weighted by molar-refractivity contribution is 5.87. The van der Waals surface area contributed by atoms with Gasteiger partial charge in [0, 0.05) is 12.6 Å². The fraction of sp³-hybridized carbons (Fsp3) is 0.800. The molecule has 1 fully saturated rings. The van der Waals surface area contributed by atoms with Crippen molar-refractivity contribution < 1.29 is 9.59 Å². The molecule has 1 saturated carbocycles. The van der Waals surface area contributed by atoms with Crippen LogP contribution in [0.4, 0.5) is 0 Å². The van der Waals surface area contributed by atoms with E-state index in [-0.39, 0.29) is 12.3 Å². The monoisotopic (exact) mass is 213 g/mol. The summed E-state index contributed by atoms with van der Waals surface area (Å²) in [5.74, 6) is -0.666. The predicted molar refractivity (Wildman–Crippen MR) is 56.8 cm³/mol. The molecule has 86 valence electrons. The van der Waals surface area contributed by atoms with E-state index in [9.17, 15) is 9.59 Å². The molecule has 2 amide bonds. The lowest BCUT2D eigenvalue weighted by Gasteiger charge is -2.24. The molecule has 1 atom stereocenters. The molecule has 1 aliphatic rings. The van der Waals surface area contributed by atoms with Crippen LogP contribution >= 0.6 is 0 Å². The van der Waals surface area contributed by atoms with Gasteiger partial charge in [0.05, 0.1) is 12.5 Å². The molecule has 0 spiro atoms. The van der Waals surface area contributed by atoms with E-state index in [1.54, 1.807) is 4.90 Å². The summed E-state index contributed by atoms with van der Waals surface area (Å²) in [6.45, 7) is 2.73. The van der Waals surface area contributed by atoms with E-state index >= 15 is 0 Å². The summed E-state index contributed by atoms with van der Waals surface area (Å²) in [5, 5.41) is 0.